The molecule has 2 aromatic rings. The molecule has 176 valence electrons. The molecule has 0 bridgehead atoms. The van der Waals surface area contributed by atoms with Gasteiger partial charge in [-0.15, -0.1) is 28.4 Å². The van der Waals surface area contributed by atoms with Crippen molar-refractivity contribution in [2.24, 2.45) is 5.16 Å². The van der Waals surface area contributed by atoms with Crippen LogP contribution >= 0.6 is 46.4 Å². The highest BCUT2D eigenvalue weighted by Gasteiger charge is 2.54. The number of amides is 2. The predicted molar refractivity (Wildman–Crippen MR) is 126 cm³/mol. The highest BCUT2D eigenvalue weighted by atomic mass is 32.2. The Kier molecular flexibility index (Phi) is 7.31. The van der Waals surface area contributed by atoms with Crippen molar-refractivity contribution in [2.45, 2.75) is 15.8 Å². The fourth-order valence-electron chi connectivity index (χ4n) is 3.03. The Labute approximate surface area is 208 Å². The quantitative estimate of drug-likeness (QED) is 0.0959. The van der Waals surface area contributed by atoms with Crippen LogP contribution in [0, 0.1) is 12.3 Å². The van der Waals surface area contributed by atoms with Crippen LogP contribution in [-0.4, -0.2) is 82.6 Å². The highest BCUT2D eigenvalue weighted by molar-refractivity contribution is 8.01. The lowest BCUT2D eigenvalue weighted by Crippen LogP contribution is -2.71. The lowest BCUT2D eigenvalue weighted by atomic mass is 10.0. The summed E-state index contributed by atoms with van der Waals surface area (Å²) in [6.07, 6.45) is 5.13. The Bertz CT molecular complexity index is 1220. The number of carboxylic acid groups (broad SMARTS) is 1. The second-order valence-corrected chi connectivity index (χ2v) is 10.4. The first-order chi connectivity index (χ1) is 16.4. The molecule has 0 aromatic carbocycles. The summed E-state index contributed by atoms with van der Waals surface area (Å²) in [6, 6.07) is -0.974. The van der Waals surface area contributed by atoms with Gasteiger partial charge in [-0.05, 0) is 5.57 Å². The molecule has 13 nitrogen and oxygen atoms in total. The number of aromatic nitrogens is 4. The third kappa shape index (κ3) is 4.84. The number of oxime groups is 1. The van der Waals surface area contributed by atoms with Crippen LogP contribution in [0.2, 0.25) is 0 Å². The largest absolute Gasteiger partial charge is 0.477 e. The molecule has 0 aliphatic carbocycles. The molecule has 0 spiro atoms. The number of nitrogens with zero attached hydrogens (tertiary/aromatic N) is 6. The molecule has 0 saturated carbocycles. The van der Waals surface area contributed by atoms with Crippen LogP contribution in [0.3, 0.4) is 0 Å². The van der Waals surface area contributed by atoms with Gasteiger partial charge in [-0.1, -0.05) is 34.2 Å². The topological polar surface area (TPSA) is 186 Å². The standard InChI is InChI=1S/C17H14N8O5S4/c1-2-3-30-23-8(11-21-16(18)34-24-11)12(26)20-9-13(27)25-10(15(28)29)7(4-31-14(9)25)5-32-17-22-19-6-33-17/h1,6,9,14H,3-5H2,(H,20,26)(H,28,29)(H2,18,21,24)/b23-8+/t9?,14-/m1/s1. The Morgan fingerprint density at radius 2 is 2.32 bits per heavy atom. The first-order valence-electron chi connectivity index (χ1n) is 9.23. The molecule has 2 aliphatic heterocycles. The normalized spacial score (nSPS) is 19.8. The fourth-order valence-corrected chi connectivity index (χ4v) is 6.44. The number of carbonyl (C=O) groups is 3. The van der Waals surface area contributed by atoms with E-state index in [1.807, 2.05) is 0 Å². The number of nitrogens with two attached hydrogens (primary N) is 1. The fraction of sp³-hybridized carbons (Fsp3) is 0.294. The number of fused-ring (bicyclic) bond motifs is 1. The van der Waals surface area contributed by atoms with Gasteiger partial charge in [0.25, 0.3) is 11.8 Å². The third-order valence-corrected chi connectivity index (χ3v) is 8.25. The van der Waals surface area contributed by atoms with E-state index in [1.54, 1.807) is 5.51 Å². The number of hydrogen-bond acceptors (Lipinski definition) is 14. The van der Waals surface area contributed by atoms with E-state index in [9.17, 15) is 19.5 Å². The van der Waals surface area contributed by atoms with E-state index < -0.39 is 29.2 Å². The van der Waals surface area contributed by atoms with Crippen LogP contribution in [0.4, 0.5) is 5.13 Å². The first-order valence-corrected chi connectivity index (χ1v) is 12.9. The van der Waals surface area contributed by atoms with Crippen molar-refractivity contribution in [2.75, 3.05) is 23.8 Å². The predicted octanol–water partition coefficient (Wildman–Crippen LogP) is -0.143. The van der Waals surface area contributed by atoms with Gasteiger partial charge >= 0.3 is 5.97 Å². The van der Waals surface area contributed by atoms with E-state index in [0.717, 1.165) is 11.5 Å². The number of thioether (sulfide) groups is 2. The third-order valence-electron chi connectivity index (χ3n) is 4.42. The van der Waals surface area contributed by atoms with Crippen LogP contribution in [-0.2, 0) is 19.2 Å². The summed E-state index contributed by atoms with van der Waals surface area (Å²) >= 11 is 4.88. The van der Waals surface area contributed by atoms with Crippen LogP contribution in [0.15, 0.2) is 26.3 Å². The average molecular weight is 539 g/mol. The minimum atomic E-state index is -1.22. The van der Waals surface area contributed by atoms with Gasteiger partial charge in [-0.3, -0.25) is 14.5 Å². The van der Waals surface area contributed by atoms with Crippen molar-refractivity contribution < 1.29 is 24.3 Å². The summed E-state index contributed by atoms with van der Waals surface area (Å²) in [4.78, 5) is 47.7. The molecule has 4 rings (SSSR count). The van der Waals surface area contributed by atoms with Gasteiger partial charge in [0, 0.05) is 23.0 Å². The number of nitrogens with one attached hydrogen (secondary N) is 1. The van der Waals surface area contributed by atoms with Crippen molar-refractivity contribution in [3.63, 3.8) is 0 Å². The molecule has 2 amide bonds. The van der Waals surface area contributed by atoms with Crippen LogP contribution in [0.25, 0.3) is 0 Å². The molecule has 34 heavy (non-hydrogen) atoms. The number of hydrogen-bond donors (Lipinski definition) is 3. The number of carbonyl (C=O) groups excluding carboxylic acids is 2. The van der Waals surface area contributed by atoms with E-state index in [0.29, 0.717) is 21.4 Å². The Hall–Kier alpha value is -3.20. The monoisotopic (exact) mass is 538 g/mol. The maximum Gasteiger partial charge on any atom is 0.352 e. The zero-order valence-electron chi connectivity index (χ0n) is 16.9. The smallest absolute Gasteiger partial charge is 0.352 e. The van der Waals surface area contributed by atoms with Crippen molar-refractivity contribution >= 4 is 75.0 Å². The molecule has 1 fully saturated rings. The second kappa shape index (κ2) is 10.4. The highest BCUT2D eigenvalue weighted by Crippen LogP contribution is 2.41. The number of anilines is 1. The zero-order chi connectivity index (χ0) is 24.2. The second-order valence-electron chi connectivity index (χ2n) is 6.49. The molecule has 2 aromatic heterocycles. The van der Waals surface area contributed by atoms with E-state index in [2.05, 4.69) is 35.9 Å². The summed E-state index contributed by atoms with van der Waals surface area (Å²) in [7, 11) is 0. The van der Waals surface area contributed by atoms with E-state index in [-0.39, 0.29) is 29.0 Å². The molecule has 4 N–H and O–H groups in total. The Balaban J connectivity index is 1.49. The number of nitrogen functional groups attached to an aromatic ring is 1. The van der Waals surface area contributed by atoms with Gasteiger partial charge < -0.3 is 21.0 Å². The van der Waals surface area contributed by atoms with Gasteiger partial charge in [0.1, 0.15) is 22.6 Å². The minimum Gasteiger partial charge on any atom is -0.477 e. The van der Waals surface area contributed by atoms with Crippen LogP contribution in [0.1, 0.15) is 5.82 Å². The summed E-state index contributed by atoms with van der Waals surface area (Å²) in [5.74, 6) is 0.270. The molecule has 17 heteroatoms. The van der Waals surface area contributed by atoms with Crippen molar-refractivity contribution in [3.8, 4) is 12.3 Å². The van der Waals surface area contributed by atoms with Crippen molar-refractivity contribution in [3.05, 3.63) is 22.6 Å². The summed E-state index contributed by atoms with van der Waals surface area (Å²) in [6.45, 7) is -0.199. The Morgan fingerprint density at radius 1 is 1.50 bits per heavy atom. The number of rotatable bonds is 9. The summed E-state index contributed by atoms with van der Waals surface area (Å²) in [5.41, 5.74) is 7.35. The minimum absolute atomic E-state index is 0.0842. The SMILES string of the molecule is C#CCO/N=C(/C(=O)NC1C(=O)N2C(C(=O)O)=C(CSc3nncs3)CS[C@H]12)c1nsc(N)n1. The molecule has 2 aliphatic rings. The molecule has 4 heterocycles. The van der Waals surface area contributed by atoms with Crippen molar-refractivity contribution in [1.82, 2.24) is 29.8 Å². The van der Waals surface area contributed by atoms with Gasteiger partial charge in [-0.25, -0.2) is 4.79 Å². The van der Waals surface area contributed by atoms with E-state index >= 15 is 0 Å². The lowest BCUT2D eigenvalue weighted by Gasteiger charge is -2.49. The molecule has 2 atom stereocenters. The molecule has 1 saturated heterocycles. The number of terminal acetylenes is 1. The van der Waals surface area contributed by atoms with Gasteiger partial charge in [0.15, 0.2) is 16.1 Å². The maximum atomic E-state index is 12.9. The Morgan fingerprint density at radius 3 is 2.97 bits per heavy atom. The van der Waals surface area contributed by atoms with Gasteiger partial charge in [-0.2, -0.15) is 9.36 Å². The van der Waals surface area contributed by atoms with E-state index in [1.165, 1.54) is 39.8 Å². The first kappa shape index (κ1) is 23.9. The summed E-state index contributed by atoms with van der Waals surface area (Å²) < 4.78 is 4.63. The number of aliphatic carboxylic acids is 1. The zero-order valence-corrected chi connectivity index (χ0v) is 20.2. The molecular weight excluding hydrogens is 525 g/mol. The summed E-state index contributed by atoms with van der Waals surface area (Å²) in [5, 5.41) is 23.2. The van der Waals surface area contributed by atoms with Crippen LogP contribution < -0.4 is 11.1 Å². The van der Waals surface area contributed by atoms with Gasteiger partial charge in [0.2, 0.25) is 11.5 Å². The lowest BCUT2D eigenvalue weighted by molar-refractivity contribution is -0.150. The number of carboxylic acids is 1. The average Bonchev–Trinajstić information content (AvgIpc) is 3.49. The van der Waals surface area contributed by atoms with Crippen molar-refractivity contribution in [1.29, 1.82) is 0 Å². The number of β-lactam (4-membered cyclic amide) rings is 1. The maximum absolute atomic E-state index is 12.9. The molecule has 1 unspecified atom stereocenters. The molecule has 0 radical (unpaired) electrons. The van der Waals surface area contributed by atoms with Gasteiger partial charge in [0.05, 0.1) is 0 Å². The van der Waals surface area contributed by atoms with E-state index in [4.69, 9.17) is 17.0 Å². The van der Waals surface area contributed by atoms with Crippen LogP contribution in [0.5, 0.6) is 0 Å². The molecular formula is C17H14N8O5S4.